The third-order valence-electron chi connectivity index (χ3n) is 4.87. The number of carbonyl (C=O) groups is 1. The predicted molar refractivity (Wildman–Crippen MR) is 87.5 cm³/mol. The molecule has 1 aliphatic carbocycles. The summed E-state index contributed by atoms with van der Waals surface area (Å²) in [7, 11) is 0. The molecule has 6 nitrogen and oxygen atoms in total. The first-order valence-electron chi connectivity index (χ1n) is 8.39. The van der Waals surface area contributed by atoms with Crippen molar-refractivity contribution in [3.05, 3.63) is 47.8 Å². The molecule has 1 atom stereocenters. The SMILES string of the molecule is O=C(Cn1cccn1)NC(c1ccc2c(c1)CCO2)C1CC(O)C1. The Morgan fingerprint density at radius 3 is 3.08 bits per heavy atom. The van der Waals surface area contributed by atoms with Gasteiger partial charge in [0.25, 0.3) is 0 Å². The molecule has 0 spiro atoms. The molecule has 0 bridgehead atoms. The monoisotopic (exact) mass is 327 g/mol. The third kappa shape index (κ3) is 3.01. The van der Waals surface area contributed by atoms with Crippen molar-refractivity contribution < 1.29 is 14.6 Å². The van der Waals surface area contributed by atoms with Crippen molar-refractivity contribution in [1.29, 1.82) is 0 Å². The normalized spacial score (nSPS) is 23.0. The fraction of sp³-hybridized carbons (Fsp3) is 0.444. The standard InChI is InChI=1S/C18H21N3O3/c22-15-9-14(10-15)18(20-17(23)11-21-6-1-5-19-21)13-2-3-16-12(8-13)4-7-24-16/h1-3,5-6,8,14-15,18,22H,4,7,9-11H2,(H,20,23). The van der Waals surface area contributed by atoms with Crippen molar-refractivity contribution in [2.45, 2.75) is 38.0 Å². The van der Waals surface area contributed by atoms with Crippen molar-refractivity contribution in [3.8, 4) is 5.75 Å². The molecular weight excluding hydrogens is 306 g/mol. The van der Waals surface area contributed by atoms with Gasteiger partial charge in [-0.2, -0.15) is 5.10 Å². The molecule has 4 rings (SSSR count). The summed E-state index contributed by atoms with van der Waals surface area (Å²) in [6, 6.07) is 7.86. The molecule has 1 amide bonds. The summed E-state index contributed by atoms with van der Waals surface area (Å²) in [5.41, 5.74) is 2.28. The van der Waals surface area contributed by atoms with Gasteiger partial charge in [-0.05, 0) is 48.1 Å². The second-order valence-electron chi connectivity index (χ2n) is 6.60. The lowest BCUT2D eigenvalue weighted by molar-refractivity contribution is -0.123. The average molecular weight is 327 g/mol. The first kappa shape index (κ1) is 15.2. The Morgan fingerprint density at radius 1 is 1.46 bits per heavy atom. The highest BCUT2D eigenvalue weighted by atomic mass is 16.5. The Morgan fingerprint density at radius 2 is 2.33 bits per heavy atom. The van der Waals surface area contributed by atoms with Gasteiger partial charge in [-0.1, -0.05) is 6.07 Å². The number of fused-ring (bicyclic) bond motifs is 1. The molecule has 6 heteroatoms. The summed E-state index contributed by atoms with van der Waals surface area (Å²) in [5, 5.41) is 16.9. The Bertz CT molecular complexity index is 723. The Labute approximate surface area is 140 Å². The molecule has 0 radical (unpaired) electrons. The van der Waals surface area contributed by atoms with Crippen LogP contribution in [0.3, 0.4) is 0 Å². The largest absolute Gasteiger partial charge is 0.493 e. The number of rotatable bonds is 5. The van der Waals surface area contributed by atoms with E-state index in [0.717, 1.165) is 37.2 Å². The summed E-state index contributed by atoms with van der Waals surface area (Å²) in [6.07, 6.45) is 5.53. The number of aliphatic hydroxyl groups excluding tert-OH is 1. The molecule has 0 saturated heterocycles. The number of benzene rings is 1. The highest BCUT2D eigenvalue weighted by Gasteiger charge is 2.36. The van der Waals surface area contributed by atoms with Gasteiger partial charge in [-0.15, -0.1) is 0 Å². The molecule has 1 aliphatic heterocycles. The van der Waals surface area contributed by atoms with Crippen LogP contribution in [0.5, 0.6) is 5.75 Å². The number of aromatic nitrogens is 2. The van der Waals surface area contributed by atoms with Gasteiger partial charge >= 0.3 is 0 Å². The zero-order valence-electron chi connectivity index (χ0n) is 13.4. The van der Waals surface area contributed by atoms with Crippen LogP contribution in [0, 0.1) is 5.92 Å². The zero-order valence-corrected chi connectivity index (χ0v) is 13.4. The minimum absolute atomic E-state index is 0.0677. The van der Waals surface area contributed by atoms with Gasteiger partial charge in [0.1, 0.15) is 12.3 Å². The van der Waals surface area contributed by atoms with Gasteiger partial charge in [0.15, 0.2) is 0 Å². The maximum absolute atomic E-state index is 12.4. The molecule has 1 fully saturated rings. The van der Waals surface area contributed by atoms with E-state index in [4.69, 9.17) is 4.74 Å². The van der Waals surface area contributed by atoms with E-state index in [-0.39, 0.29) is 30.5 Å². The molecule has 2 N–H and O–H groups in total. The maximum atomic E-state index is 12.4. The number of hydrogen-bond acceptors (Lipinski definition) is 4. The molecule has 1 saturated carbocycles. The van der Waals surface area contributed by atoms with Crippen LogP contribution in [-0.4, -0.2) is 33.5 Å². The minimum Gasteiger partial charge on any atom is -0.493 e. The highest BCUT2D eigenvalue weighted by Crippen LogP contribution is 2.39. The van der Waals surface area contributed by atoms with Crippen LogP contribution in [0.2, 0.25) is 0 Å². The number of carbonyl (C=O) groups excluding carboxylic acids is 1. The summed E-state index contributed by atoms with van der Waals surface area (Å²) in [6.45, 7) is 0.921. The molecule has 1 unspecified atom stereocenters. The van der Waals surface area contributed by atoms with Crippen LogP contribution in [-0.2, 0) is 17.8 Å². The Balaban J connectivity index is 1.52. The van der Waals surface area contributed by atoms with Crippen LogP contribution >= 0.6 is 0 Å². The number of nitrogens with one attached hydrogen (secondary N) is 1. The lowest BCUT2D eigenvalue weighted by atomic mass is 9.75. The predicted octanol–water partition coefficient (Wildman–Crippen LogP) is 1.45. The van der Waals surface area contributed by atoms with Crippen LogP contribution in [0.1, 0.15) is 30.0 Å². The van der Waals surface area contributed by atoms with Crippen molar-refractivity contribution in [2.75, 3.05) is 6.61 Å². The molecule has 2 aromatic rings. The van der Waals surface area contributed by atoms with Crippen LogP contribution in [0.15, 0.2) is 36.7 Å². The second kappa shape index (κ2) is 6.28. The second-order valence-corrected chi connectivity index (χ2v) is 6.60. The zero-order chi connectivity index (χ0) is 16.5. The van der Waals surface area contributed by atoms with E-state index >= 15 is 0 Å². The van der Waals surface area contributed by atoms with Gasteiger partial charge in [0.05, 0.1) is 18.8 Å². The Hall–Kier alpha value is -2.34. The van der Waals surface area contributed by atoms with E-state index < -0.39 is 0 Å². The number of hydrogen-bond donors (Lipinski definition) is 2. The van der Waals surface area contributed by atoms with Crippen molar-refractivity contribution >= 4 is 5.91 Å². The fourth-order valence-corrected chi connectivity index (χ4v) is 3.54. The topological polar surface area (TPSA) is 76.4 Å². The van der Waals surface area contributed by atoms with E-state index in [1.165, 1.54) is 5.56 Å². The number of nitrogens with zero attached hydrogens (tertiary/aromatic N) is 2. The van der Waals surface area contributed by atoms with Gasteiger partial charge in [-0.25, -0.2) is 0 Å². The minimum atomic E-state index is -0.252. The van der Waals surface area contributed by atoms with Crippen molar-refractivity contribution in [2.24, 2.45) is 5.92 Å². The van der Waals surface area contributed by atoms with Crippen molar-refractivity contribution in [3.63, 3.8) is 0 Å². The summed E-state index contributed by atoms with van der Waals surface area (Å²) in [4.78, 5) is 12.4. The smallest absolute Gasteiger partial charge is 0.242 e. The summed E-state index contributed by atoms with van der Waals surface area (Å²) >= 11 is 0. The summed E-state index contributed by atoms with van der Waals surface area (Å²) in [5.74, 6) is 1.14. The molecule has 2 heterocycles. The van der Waals surface area contributed by atoms with Gasteiger partial charge in [-0.3, -0.25) is 9.48 Å². The van der Waals surface area contributed by atoms with Crippen molar-refractivity contribution in [1.82, 2.24) is 15.1 Å². The van der Waals surface area contributed by atoms with E-state index in [9.17, 15) is 9.90 Å². The summed E-state index contributed by atoms with van der Waals surface area (Å²) < 4.78 is 7.17. The lowest BCUT2D eigenvalue weighted by Crippen LogP contribution is -2.42. The lowest BCUT2D eigenvalue weighted by Gasteiger charge is -2.38. The van der Waals surface area contributed by atoms with E-state index in [0.29, 0.717) is 0 Å². The molecule has 1 aromatic heterocycles. The van der Waals surface area contributed by atoms with E-state index in [2.05, 4.69) is 16.5 Å². The number of ether oxygens (including phenoxy) is 1. The molecule has 126 valence electrons. The fourth-order valence-electron chi connectivity index (χ4n) is 3.54. The van der Waals surface area contributed by atoms with Gasteiger partial charge in [0.2, 0.25) is 5.91 Å². The van der Waals surface area contributed by atoms with Crippen LogP contribution < -0.4 is 10.1 Å². The Kier molecular flexibility index (Phi) is 3.98. The first-order valence-corrected chi connectivity index (χ1v) is 8.39. The van der Waals surface area contributed by atoms with E-state index in [1.54, 1.807) is 23.1 Å². The molecular formula is C18H21N3O3. The maximum Gasteiger partial charge on any atom is 0.242 e. The van der Waals surface area contributed by atoms with Gasteiger partial charge < -0.3 is 15.2 Å². The molecule has 24 heavy (non-hydrogen) atoms. The quantitative estimate of drug-likeness (QED) is 0.871. The van der Waals surface area contributed by atoms with Crippen LogP contribution in [0.25, 0.3) is 0 Å². The molecule has 1 aromatic carbocycles. The third-order valence-corrected chi connectivity index (χ3v) is 4.87. The number of aliphatic hydroxyl groups is 1. The molecule has 2 aliphatic rings. The van der Waals surface area contributed by atoms with Gasteiger partial charge in [0, 0.05) is 18.8 Å². The number of amides is 1. The van der Waals surface area contributed by atoms with Crippen LogP contribution in [0.4, 0.5) is 0 Å². The van der Waals surface area contributed by atoms with E-state index in [1.807, 2.05) is 12.1 Å². The average Bonchev–Trinajstić information content (AvgIpc) is 3.20. The highest BCUT2D eigenvalue weighted by molar-refractivity contribution is 5.76. The first-order chi connectivity index (χ1) is 11.7.